The molecule has 2 amide bonds. The van der Waals surface area contributed by atoms with E-state index in [0.717, 1.165) is 65.4 Å². The minimum atomic E-state index is -0.335. The van der Waals surface area contributed by atoms with Crippen LogP contribution in [0, 0.1) is 11.7 Å². The summed E-state index contributed by atoms with van der Waals surface area (Å²) in [6.45, 7) is 2.39. The molecule has 0 spiro atoms. The van der Waals surface area contributed by atoms with E-state index in [2.05, 4.69) is 6.92 Å². The van der Waals surface area contributed by atoms with Crippen LogP contribution in [-0.4, -0.2) is 30.3 Å². The summed E-state index contributed by atoms with van der Waals surface area (Å²) >= 11 is 8.13. The first-order valence-corrected chi connectivity index (χ1v) is 14.6. The Hall–Kier alpha value is -3.22. The summed E-state index contributed by atoms with van der Waals surface area (Å²) in [6.07, 6.45) is 5.83. The van der Waals surface area contributed by atoms with Crippen LogP contribution >= 0.6 is 22.9 Å². The van der Waals surface area contributed by atoms with Gasteiger partial charge in [0.1, 0.15) is 10.7 Å². The lowest BCUT2D eigenvalue weighted by atomic mass is 9.83. The Balaban J connectivity index is 1.48. The maximum atomic E-state index is 15.3. The third-order valence-corrected chi connectivity index (χ3v) is 9.64. The number of hydrogen-bond acceptors (Lipinski definition) is 3. The number of carbonyl (C=O) groups is 2. The molecule has 39 heavy (non-hydrogen) atoms. The zero-order valence-corrected chi connectivity index (χ0v) is 23.8. The standard InChI is InChI=1S/C32H32ClFN2O2S/c1-3-21-8-13-26(14-9-21)36(32(38)31-30(33)27-6-4-5-7-29(27)39-31)19-24-18-23(12-17-28(24)34)22-10-15-25(16-11-22)35(2)20-37/h4-7,10-12,15-18,20-21,26H,3,8-9,13-14,19H2,1-2H3/t21-,26-. The molecule has 0 atom stereocenters. The van der Waals surface area contributed by atoms with Gasteiger partial charge < -0.3 is 9.80 Å². The van der Waals surface area contributed by atoms with Crippen molar-refractivity contribution in [1.29, 1.82) is 0 Å². The molecule has 0 bridgehead atoms. The van der Waals surface area contributed by atoms with Crippen LogP contribution in [0.25, 0.3) is 21.2 Å². The Labute approximate surface area is 238 Å². The number of amides is 2. The first kappa shape index (κ1) is 27.4. The summed E-state index contributed by atoms with van der Waals surface area (Å²) < 4.78 is 16.2. The maximum absolute atomic E-state index is 15.3. The van der Waals surface area contributed by atoms with Gasteiger partial charge in [0.25, 0.3) is 5.91 Å². The summed E-state index contributed by atoms with van der Waals surface area (Å²) in [6, 6.07) is 20.4. The van der Waals surface area contributed by atoms with Gasteiger partial charge in [-0.1, -0.05) is 61.3 Å². The Morgan fingerprint density at radius 1 is 1.03 bits per heavy atom. The molecular weight excluding hydrogens is 531 g/mol. The van der Waals surface area contributed by atoms with E-state index in [-0.39, 0.29) is 24.3 Å². The SMILES string of the molecule is CC[C@H]1CC[C@H](N(Cc2cc(-c3ccc(N(C)C=O)cc3)ccc2F)C(=O)c2sc3ccccc3c2Cl)CC1. The van der Waals surface area contributed by atoms with E-state index < -0.39 is 0 Å². The lowest BCUT2D eigenvalue weighted by Crippen LogP contribution is -2.42. The van der Waals surface area contributed by atoms with Gasteiger partial charge in [-0.25, -0.2) is 4.39 Å². The minimum absolute atomic E-state index is 0.0304. The third kappa shape index (κ3) is 5.73. The summed E-state index contributed by atoms with van der Waals surface area (Å²) in [7, 11) is 1.69. The van der Waals surface area contributed by atoms with Crippen molar-refractivity contribution >= 4 is 51.0 Å². The molecule has 0 aliphatic heterocycles. The molecule has 202 valence electrons. The summed E-state index contributed by atoms with van der Waals surface area (Å²) in [5, 5.41) is 1.35. The van der Waals surface area contributed by atoms with E-state index in [1.807, 2.05) is 59.5 Å². The topological polar surface area (TPSA) is 40.6 Å². The van der Waals surface area contributed by atoms with Crippen LogP contribution in [0.4, 0.5) is 10.1 Å². The molecular formula is C32H32ClFN2O2S. The summed E-state index contributed by atoms with van der Waals surface area (Å²) in [4.78, 5) is 29.0. The maximum Gasteiger partial charge on any atom is 0.266 e. The molecule has 1 aliphatic carbocycles. The van der Waals surface area contributed by atoms with Crippen LogP contribution in [-0.2, 0) is 11.3 Å². The van der Waals surface area contributed by atoms with Gasteiger partial charge in [-0.05, 0) is 73.1 Å². The highest BCUT2D eigenvalue weighted by Crippen LogP contribution is 2.38. The van der Waals surface area contributed by atoms with Crippen molar-refractivity contribution in [3.05, 3.63) is 88.0 Å². The number of hydrogen-bond donors (Lipinski definition) is 0. The Morgan fingerprint density at radius 2 is 1.72 bits per heavy atom. The van der Waals surface area contributed by atoms with Crippen LogP contribution < -0.4 is 4.90 Å². The molecule has 0 N–H and O–H groups in total. The van der Waals surface area contributed by atoms with Gasteiger partial charge in [0.05, 0.1) is 5.02 Å². The number of rotatable bonds is 8. The van der Waals surface area contributed by atoms with Gasteiger partial charge in [-0.2, -0.15) is 0 Å². The fourth-order valence-electron chi connectivity index (χ4n) is 5.52. The van der Waals surface area contributed by atoms with E-state index in [0.29, 0.717) is 21.4 Å². The molecule has 0 unspecified atom stereocenters. The number of thiophene rings is 1. The number of halogens is 2. The molecule has 1 aromatic heterocycles. The molecule has 0 radical (unpaired) electrons. The van der Waals surface area contributed by atoms with Crippen molar-refractivity contribution < 1.29 is 14.0 Å². The van der Waals surface area contributed by atoms with Crippen LogP contribution in [0.3, 0.4) is 0 Å². The minimum Gasteiger partial charge on any atom is -0.330 e. The number of nitrogens with zero attached hydrogens (tertiary/aromatic N) is 2. The molecule has 1 fully saturated rings. The molecule has 4 aromatic rings. The van der Waals surface area contributed by atoms with Crippen molar-refractivity contribution in [2.24, 2.45) is 5.92 Å². The molecule has 0 saturated heterocycles. The molecule has 7 heteroatoms. The van der Waals surface area contributed by atoms with E-state index in [9.17, 15) is 9.59 Å². The van der Waals surface area contributed by atoms with E-state index in [1.165, 1.54) is 22.3 Å². The van der Waals surface area contributed by atoms with Gasteiger partial charge in [-0.15, -0.1) is 11.3 Å². The van der Waals surface area contributed by atoms with Crippen molar-refractivity contribution in [3.63, 3.8) is 0 Å². The predicted octanol–water partition coefficient (Wildman–Crippen LogP) is 8.56. The second-order valence-corrected chi connectivity index (χ2v) is 11.8. The van der Waals surface area contributed by atoms with Gasteiger partial charge >= 0.3 is 0 Å². The Morgan fingerprint density at radius 3 is 2.38 bits per heavy atom. The Bertz CT molecular complexity index is 1480. The van der Waals surface area contributed by atoms with Crippen LogP contribution in [0.5, 0.6) is 0 Å². The smallest absolute Gasteiger partial charge is 0.266 e. The van der Waals surface area contributed by atoms with Crippen LogP contribution in [0.2, 0.25) is 5.02 Å². The number of fused-ring (bicyclic) bond motifs is 1. The molecule has 1 saturated carbocycles. The number of carbonyl (C=O) groups excluding carboxylic acids is 2. The fraction of sp³-hybridized carbons (Fsp3) is 0.312. The lowest BCUT2D eigenvalue weighted by Gasteiger charge is -2.37. The van der Waals surface area contributed by atoms with Gasteiger partial charge in [-0.3, -0.25) is 9.59 Å². The first-order chi connectivity index (χ1) is 18.9. The highest BCUT2D eigenvalue weighted by Gasteiger charge is 2.32. The summed E-state index contributed by atoms with van der Waals surface area (Å²) in [5.74, 6) is 0.207. The van der Waals surface area contributed by atoms with Crippen molar-refractivity contribution in [1.82, 2.24) is 4.90 Å². The fourth-order valence-corrected chi connectivity index (χ4v) is 6.99. The van der Waals surface area contributed by atoms with E-state index in [4.69, 9.17) is 11.6 Å². The van der Waals surface area contributed by atoms with Gasteiger partial charge in [0, 0.05) is 41.0 Å². The molecule has 1 aliphatic rings. The molecule has 4 nitrogen and oxygen atoms in total. The van der Waals surface area contributed by atoms with Crippen molar-refractivity contribution in [2.75, 3.05) is 11.9 Å². The zero-order chi connectivity index (χ0) is 27.5. The number of anilines is 1. The van der Waals surface area contributed by atoms with Gasteiger partial charge in [0.15, 0.2) is 0 Å². The van der Waals surface area contributed by atoms with E-state index >= 15 is 4.39 Å². The van der Waals surface area contributed by atoms with Crippen molar-refractivity contribution in [2.45, 2.75) is 51.6 Å². The zero-order valence-electron chi connectivity index (χ0n) is 22.2. The predicted molar refractivity (Wildman–Crippen MR) is 159 cm³/mol. The number of benzene rings is 3. The average molecular weight is 563 g/mol. The molecule has 5 rings (SSSR count). The lowest BCUT2D eigenvalue weighted by molar-refractivity contribution is -0.107. The van der Waals surface area contributed by atoms with Crippen molar-refractivity contribution in [3.8, 4) is 11.1 Å². The quantitative estimate of drug-likeness (QED) is 0.202. The summed E-state index contributed by atoms with van der Waals surface area (Å²) in [5.41, 5.74) is 3.02. The van der Waals surface area contributed by atoms with Crippen LogP contribution in [0.15, 0.2) is 66.7 Å². The largest absolute Gasteiger partial charge is 0.330 e. The Kier molecular flexibility index (Phi) is 8.34. The average Bonchev–Trinajstić information content (AvgIpc) is 3.32. The second-order valence-electron chi connectivity index (χ2n) is 10.3. The van der Waals surface area contributed by atoms with E-state index in [1.54, 1.807) is 13.1 Å². The van der Waals surface area contributed by atoms with Crippen LogP contribution in [0.1, 0.15) is 54.3 Å². The monoisotopic (exact) mass is 562 g/mol. The highest BCUT2D eigenvalue weighted by molar-refractivity contribution is 7.21. The second kappa shape index (κ2) is 11.9. The molecule has 3 aromatic carbocycles. The molecule has 1 heterocycles. The normalized spacial score (nSPS) is 17.2. The third-order valence-electron chi connectivity index (χ3n) is 7.98. The highest BCUT2D eigenvalue weighted by atomic mass is 35.5. The van der Waals surface area contributed by atoms with Gasteiger partial charge in [0.2, 0.25) is 6.41 Å². The first-order valence-electron chi connectivity index (χ1n) is 13.4.